The number of ether oxygens (including phenoxy) is 1. The Morgan fingerprint density at radius 1 is 1.22 bits per heavy atom. The maximum Gasteiger partial charge on any atom is 0.263 e. The first-order valence-electron chi connectivity index (χ1n) is 12.3. The first-order valence-corrected chi connectivity index (χ1v) is 13.5. The Morgan fingerprint density at radius 3 is 2.51 bits per heavy atom. The number of hydrogen-bond donors (Lipinski definition) is 2. The summed E-state index contributed by atoms with van der Waals surface area (Å²) in [5, 5.41) is 14.1. The van der Waals surface area contributed by atoms with Gasteiger partial charge in [-0.1, -0.05) is 77.7 Å². The minimum absolute atomic E-state index is 0.116. The molecule has 37 heavy (non-hydrogen) atoms. The Balaban J connectivity index is 1.39. The summed E-state index contributed by atoms with van der Waals surface area (Å²) in [6.07, 6.45) is 8.61. The number of benzene rings is 1. The van der Waals surface area contributed by atoms with E-state index in [-0.39, 0.29) is 16.7 Å². The molecule has 1 unspecified atom stereocenters. The molecule has 1 saturated heterocycles. The smallest absolute Gasteiger partial charge is 0.263 e. The average molecular weight is 539 g/mol. The molecule has 2 N–H and O–H groups in total. The quantitative estimate of drug-likeness (QED) is 0.329. The molecular formula is C29H34N2O4S2. The van der Waals surface area contributed by atoms with Gasteiger partial charge < -0.3 is 19.6 Å². The van der Waals surface area contributed by atoms with Crippen LogP contribution >= 0.6 is 24.0 Å². The van der Waals surface area contributed by atoms with Crippen molar-refractivity contribution >= 4 is 45.9 Å². The van der Waals surface area contributed by atoms with Crippen molar-refractivity contribution in [1.82, 2.24) is 10.3 Å². The highest BCUT2D eigenvalue weighted by Crippen LogP contribution is 2.46. The van der Waals surface area contributed by atoms with Gasteiger partial charge in [-0.2, -0.15) is 0 Å². The molecule has 1 aliphatic carbocycles. The number of amides is 1. The van der Waals surface area contributed by atoms with E-state index in [1.54, 1.807) is 12.3 Å². The summed E-state index contributed by atoms with van der Waals surface area (Å²) in [5.74, 6) is 1.10. The summed E-state index contributed by atoms with van der Waals surface area (Å²) in [4.78, 5) is 17.1. The highest BCUT2D eigenvalue weighted by atomic mass is 32.2. The normalized spacial score (nSPS) is 21.6. The van der Waals surface area contributed by atoms with Gasteiger partial charge in [-0.25, -0.2) is 4.98 Å². The fraction of sp³-hybridized carbons (Fsp3) is 0.414. The van der Waals surface area contributed by atoms with E-state index in [0.717, 1.165) is 28.2 Å². The van der Waals surface area contributed by atoms with Crippen LogP contribution in [0.2, 0.25) is 0 Å². The average Bonchev–Trinajstić information content (AvgIpc) is 3.39. The number of thioether (sulfide) groups is 1. The molecule has 2 aromatic rings. The van der Waals surface area contributed by atoms with Crippen LogP contribution in [0, 0.1) is 10.8 Å². The molecule has 1 aromatic carbocycles. The van der Waals surface area contributed by atoms with Crippen molar-refractivity contribution < 1.29 is 19.1 Å². The zero-order valence-electron chi connectivity index (χ0n) is 22.2. The summed E-state index contributed by atoms with van der Waals surface area (Å²) >= 11 is 6.29. The summed E-state index contributed by atoms with van der Waals surface area (Å²) in [7, 11) is 0. The van der Waals surface area contributed by atoms with Crippen LogP contribution in [-0.4, -0.2) is 32.5 Å². The second-order valence-corrected chi connectivity index (χ2v) is 13.3. The lowest BCUT2D eigenvalue weighted by atomic mass is 9.67. The van der Waals surface area contributed by atoms with Crippen LogP contribution in [0.15, 0.2) is 57.6 Å². The maximum absolute atomic E-state index is 11.8. The number of hydrogen-bond acceptors (Lipinski definition) is 7. The van der Waals surface area contributed by atoms with Gasteiger partial charge in [0, 0.05) is 18.4 Å². The third kappa shape index (κ3) is 6.43. The first-order chi connectivity index (χ1) is 17.2. The SMILES string of the molecule is CC(C)(C)C1=CC(O)(C(C)(C)C)CC(c2nc(CCOc3ccc(C=C4SC(=S)NC4=O)cc3)co2)=C1. The fourth-order valence-corrected chi connectivity index (χ4v) is 5.05. The predicted octanol–water partition coefficient (Wildman–Crippen LogP) is 6.32. The minimum Gasteiger partial charge on any atom is -0.493 e. The standard InChI is InChI=1S/C29H34N2O4S2/c1-27(2,3)20-14-19(15-29(33,16-20)28(4,5)6)25-30-21(17-35-25)11-12-34-22-9-7-18(8-10-22)13-23-24(32)31-26(36)37-23/h7-10,13-14,16-17,33H,11-12,15H2,1-6H3,(H,31,32,36). The second kappa shape index (κ2) is 10.2. The third-order valence-electron chi connectivity index (χ3n) is 6.62. The van der Waals surface area contributed by atoms with Crippen molar-refractivity contribution in [3.8, 4) is 5.75 Å². The molecule has 1 atom stereocenters. The fourth-order valence-electron chi connectivity index (χ4n) is 4.01. The summed E-state index contributed by atoms with van der Waals surface area (Å²) in [5.41, 5.74) is 2.22. The van der Waals surface area contributed by atoms with E-state index in [1.807, 2.05) is 51.1 Å². The molecule has 1 amide bonds. The van der Waals surface area contributed by atoms with Crippen LogP contribution in [-0.2, 0) is 11.2 Å². The lowest BCUT2D eigenvalue weighted by Gasteiger charge is -2.42. The van der Waals surface area contributed by atoms with Gasteiger partial charge in [-0.15, -0.1) is 0 Å². The summed E-state index contributed by atoms with van der Waals surface area (Å²) in [6, 6.07) is 7.55. The van der Waals surface area contributed by atoms with Crippen molar-refractivity contribution in [2.24, 2.45) is 10.8 Å². The molecule has 196 valence electrons. The molecule has 0 bridgehead atoms. The molecular weight excluding hydrogens is 504 g/mol. The Bertz CT molecular complexity index is 1290. The molecule has 1 aliphatic heterocycles. The molecule has 1 aromatic heterocycles. The van der Waals surface area contributed by atoms with Crippen molar-refractivity contribution in [2.75, 3.05) is 6.61 Å². The van der Waals surface area contributed by atoms with Crippen molar-refractivity contribution in [2.45, 2.75) is 60.0 Å². The number of carbonyl (C=O) groups excluding carboxylic acids is 1. The highest BCUT2D eigenvalue weighted by molar-refractivity contribution is 8.26. The molecule has 6 nitrogen and oxygen atoms in total. The number of aliphatic hydroxyl groups is 1. The Hall–Kier alpha value is -2.68. The van der Waals surface area contributed by atoms with E-state index < -0.39 is 5.60 Å². The van der Waals surface area contributed by atoms with E-state index in [0.29, 0.717) is 34.6 Å². The molecule has 2 heterocycles. The molecule has 2 aliphatic rings. The molecule has 0 saturated carbocycles. The van der Waals surface area contributed by atoms with Gasteiger partial charge in [0.15, 0.2) is 0 Å². The van der Waals surface area contributed by atoms with E-state index in [1.165, 1.54) is 11.8 Å². The minimum atomic E-state index is -0.994. The van der Waals surface area contributed by atoms with E-state index in [2.05, 4.69) is 32.2 Å². The van der Waals surface area contributed by atoms with E-state index in [9.17, 15) is 9.90 Å². The van der Waals surface area contributed by atoms with Gasteiger partial charge in [0.2, 0.25) is 5.89 Å². The van der Waals surface area contributed by atoms with Crippen molar-refractivity contribution in [3.05, 3.63) is 70.3 Å². The lowest BCUT2D eigenvalue weighted by Crippen LogP contribution is -2.43. The van der Waals surface area contributed by atoms with Crippen LogP contribution in [0.1, 0.15) is 65.1 Å². The van der Waals surface area contributed by atoms with Gasteiger partial charge in [-0.05, 0) is 52.3 Å². The third-order valence-corrected chi connectivity index (χ3v) is 7.78. The number of allylic oxidation sites excluding steroid dienone is 2. The zero-order valence-corrected chi connectivity index (χ0v) is 23.8. The highest BCUT2D eigenvalue weighted by Gasteiger charge is 2.43. The van der Waals surface area contributed by atoms with Gasteiger partial charge in [0.05, 0.1) is 22.8 Å². The van der Waals surface area contributed by atoms with Crippen LogP contribution in [0.5, 0.6) is 5.75 Å². The van der Waals surface area contributed by atoms with Crippen LogP contribution < -0.4 is 10.1 Å². The molecule has 1 fully saturated rings. The number of rotatable bonds is 6. The first kappa shape index (κ1) is 27.4. The lowest BCUT2D eigenvalue weighted by molar-refractivity contribution is -0.115. The van der Waals surface area contributed by atoms with E-state index in [4.69, 9.17) is 26.4 Å². The van der Waals surface area contributed by atoms with Crippen molar-refractivity contribution in [1.29, 1.82) is 0 Å². The van der Waals surface area contributed by atoms with Crippen LogP contribution in [0.4, 0.5) is 0 Å². The Morgan fingerprint density at radius 2 is 1.92 bits per heavy atom. The maximum atomic E-state index is 11.8. The number of carbonyl (C=O) groups is 1. The van der Waals surface area contributed by atoms with Crippen LogP contribution in [0.25, 0.3) is 11.6 Å². The Kier molecular flexibility index (Phi) is 7.57. The van der Waals surface area contributed by atoms with E-state index >= 15 is 0 Å². The predicted molar refractivity (Wildman–Crippen MR) is 153 cm³/mol. The van der Waals surface area contributed by atoms with Gasteiger partial charge in [0.1, 0.15) is 16.3 Å². The number of nitrogens with zero attached hydrogens (tertiary/aromatic N) is 1. The summed E-state index contributed by atoms with van der Waals surface area (Å²) in [6.45, 7) is 13.0. The zero-order chi connectivity index (χ0) is 27.0. The van der Waals surface area contributed by atoms with Crippen LogP contribution in [0.3, 0.4) is 0 Å². The molecule has 0 radical (unpaired) electrons. The number of nitrogens with one attached hydrogen (secondary N) is 1. The van der Waals surface area contributed by atoms with Gasteiger partial charge in [0.25, 0.3) is 5.91 Å². The number of aromatic nitrogens is 1. The van der Waals surface area contributed by atoms with Gasteiger partial charge >= 0.3 is 0 Å². The van der Waals surface area contributed by atoms with Crippen molar-refractivity contribution in [3.63, 3.8) is 0 Å². The monoisotopic (exact) mass is 538 g/mol. The Labute approximate surface area is 228 Å². The molecule has 4 rings (SSSR count). The summed E-state index contributed by atoms with van der Waals surface area (Å²) < 4.78 is 12.2. The topological polar surface area (TPSA) is 84.6 Å². The van der Waals surface area contributed by atoms with Gasteiger partial charge in [-0.3, -0.25) is 4.79 Å². The molecule has 0 spiro atoms. The number of thiocarbonyl (C=S) groups is 1. The second-order valence-electron chi connectivity index (χ2n) is 11.5. The number of oxazole rings is 1. The molecule has 8 heteroatoms. The largest absolute Gasteiger partial charge is 0.493 e.